The standard InChI is InChI=1S/C27H32N2O6/c1-17-12-14-29(15-22(17)26(31)32)25(30)24(34-2)11-13-28-27(33)35-16-23-20-9-5-3-7-18(20)19-8-4-6-10-21(19)23/h3-10,17,22-24H,11-16H2,1-2H3,(H,28,33)(H,31,32). The zero-order valence-electron chi connectivity index (χ0n) is 20.1. The van der Waals surface area contributed by atoms with Crippen LogP contribution in [0.4, 0.5) is 4.79 Å². The van der Waals surface area contributed by atoms with Crippen LogP contribution >= 0.6 is 0 Å². The molecule has 2 N–H and O–H groups in total. The Morgan fingerprint density at radius 2 is 1.71 bits per heavy atom. The molecule has 1 heterocycles. The van der Waals surface area contributed by atoms with Crippen LogP contribution < -0.4 is 5.32 Å². The van der Waals surface area contributed by atoms with Gasteiger partial charge in [0.1, 0.15) is 12.7 Å². The summed E-state index contributed by atoms with van der Waals surface area (Å²) in [5.74, 6) is -1.72. The molecule has 1 fully saturated rings. The number of amides is 2. The summed E-state index contributed by atoms with van der Waals surface area (Å²) in [7, 11) is 1.44. The van der Waals surface area contributed by atoms with E-state index in [9.17, 15) is 19.5 Å². The highest BCUT2D eigenvalue weighted by Gasteiger charge is 2.36. The highest BCUT2D eigenvalue weighted by atomic mass is 16.5. The molecule has 8 nitrogen and oxygen atoms in total. The molecule has 4 rings (SSSR count). The average molecular weight is 481 g/mol. The van der Waals surface area contributed by atoms with Crippen molar-refractivity contribution >= 4 is 18.0 Å². The van der Waals surface area contributed by atoms with Gasteiger partial charge in [-0.3, -0.25) is 9.59 Å². The zero-order valence-corrected chi connectivity index (χ0v) is 20.1. The Balaban J connectivity index is 1.27. The first-order valence-corrected chi connectivity index (χ1v) is 12.0. The van der Waals surface area contributed by atoms with Crippen molar-refractivity contribution in [3.63, 3.8) is 0 Å². The summed E-state index contributed by atoms with van der Waals surface area (Å²) in [6.07, 6.45) is -0.404. The molecule has 2 aromatic carbocycles. The molecule has 35 heavy (non-hydrogen) atoms. The number of hydrogen-bond acceptors (Lipinski definition) is 5. The first kappa shape index (κ1) is 24.7. The van der Waals surface area contributed by atoms with Crippen molar-refractivity contribution in [3.05, 3.63) is 59.7 Å². The van der Waals surface area contributed by atoms with Crippen LogP contribution in [0.3, 0.4) is 0 Å². The Hall–Kier alpha value is -3.39. The number of aliphatic carboxylic acids is 1. The topological polar surface area (TPSA) is 105 Å². The number of carbonyl (C=O) groups excluding carboxylic acids is 2. The molecule has 3 atom stereocenters. The molecule has 2 aliphatic rings. The van der Waals surface area contributed by atoms with Crippen molar-refractivity contribution in [3.8, 4) is 11.1 Å². The molecular formula is C27H32N2O6. The van der Waals surface area contributed by atoms with Gasteiger partial charge in [-0.25, -0.2) is 4.79 Å². The monoisotopic (exact) mass is 480 g/mol. The normalized spacial score (nSPS) is 20.0. The quantitative estimate of drug-likeness (QED) is 0.599. The summed E-state index contributed by atoms with van der Waals surface area (Å²) in [6, 6.07) is 16.3. The molecule has 0 radical (unpaired) electrons. The summed E-state index contributed by atoms with van der Waals surface area (Å²) in [5, 5.41) is 12.1. The fourth-order valence-corrected chi connectivity index (χ4v) is 5.09. The number of carboxylic acid groups (broad SMARTS) is 1. The second-order valence-electron chi connectivity index (χ2n) is 9.26. The second-order valence-corrected chi connectivity index (χ2v) is 9.26. The van der Waals surface area contributed by atoms with Crippen LogP contribution in [0, 0.1) is 11.8 Å². The van der Waals surface area contributed by atoms with Gasteiger partial charge in [-0.2, -0.15) is 0 Å². The van der Waals surface area contributed by atoms with Crippen molar-refractivity contribution in [1.82, 2.24) is 10.2 Å². The molecule has 3 unspecified atom stereocenters. The predicted molar refractivity (Wildman–Crippen MR) is 130 cm³/mol. The number of fused-ring (bicyclic) bond motifs is 3. The van der Waals surface area contributed by atoms with Crippen molar-refractivity contribution < 1.29 is 29.0 Å². The van der Waals surface area contributed by atoms with E-state index in [2.05, 4.69) is 29.6 Å². The van der Waals surface area contributed by atoms with Crippen molar-refractivity contribution in [2.45, 2.75) is 31.8 Å². The van der Waals surface area contributed by atoms with Gasteiger partial charge in [0.05, 0.1) is 5.92 Å². The molecule has 1 aliphatic carbocycles. The van der Waals surface area contributed by atoms with E-state index in [0.29, 0.717) is 13.0 Å². The number of ether oxygens (including phenoxy) is 2. The van der Waals surface area contributed by atoms with Gasteiger partial charge in [0.15, 0.2) is 0 Å². The molecule has 2 aromatic rings. The molecule has 0 spiro atoms. The fraction of sp³-hybridized carbons (Fsp3) is 0.444. The van der Waals surface area contributed by atoms with E-state index in [-0.39, 0.29) is 43.9 Å². The van der Waals surface area contributed by atoms with Crippen LogP contribution in [-0.4, -0.2) is 67.4 Å². The van der Waals surface area contributed by atoms with Gasteiger partial charge >= 0.3 is 12.1 Å². The Morgan fingerprint density at radius 3 is 2.31 bits per heavy atom. The lowest BCUT2D eigenvalue weighted by Gasteiger charge is -2.36. The number of piperidine rings is 1. The maximum Gasteiger partial charge on any atom is 0.407 e. The minimum absolute atomic E-state index is 0.0211. The van der Waals surface area contributed by atoms with Crippen LogP contribution in [0.2, 0.25) is 0 Å². The first-order valence-electron chi connectivity index (χ1n) is 12.0. The molecule has 0 bridgehead atoms. The van der Waals surface area contributed by atoms with Gasteiger partial charge in [0.2, 0.25) is 0 Å². The van der Waals surface area contributed by atoms with Crippen LogP contribution in [0.25, 0.3) is 11.1 Å². The van der Waals surface area contributed by atoms with Crippen molar-refractivity contribution in [1.29, 1.82) is 0 Å². The van der Waals surface area contributed by atoms with Gasteiger partial charge in [-0.15, -0.1) is 0 Å². The molecule has 1 saturated heterocycles. The van der Waals surface area contributed by atoms with E-state index in [1.54, 1.807) is 4.90 Å². The van der Waals surface area contributed by atoms with Gasteiger partial charge in [0.25, 0.3) is 5.91 Å². The smallest absolute Gasteiger partial charge is 0.407 e. The third-order valence-electron chi connectivity index (χ3n) is 7.17. The molecule has 1 aliphatic heterocycles. The van der Waals surface area contributed by atoms with Gasteiger partial charge < -0.3 is 24.8 Å². The third-order valence-corrected chi connectivity index (χ3v) is 7.17. The first-order chi connectivity index (χ1) is 16.9. The summed E-state index contributed by atoms with van der Waals surface area (Å²) in [6.45, 7) is 2.99. The van der Waals surface area contributed by atoms with Crippen LogP contribution in [0.5, 0.6) is 0 Å². The lowest BCUT2D eigenvalue weighted by atomic mass is 9.87. The van der Waals surface area contributed by atoms with E-state index in [1.807, 2.05) is 31.2 Å². The number of nitrogens with one attached hydrogen (secondary N) is 1. The van der Waals surface area contributed by atoms with E-state index in [4.69, 9.17) is 9.47 Å². The van der Waals surface area contributed by atoms with E-state index in [1.165, 1.54) is 7.11 Å². The number of rotatable bonds is 8. The maximum atomic E-state index is 12.9. The van der Waals surface area contributed by atoms with Crippen LogP contribution in [0.1, 0.15) is 36.8 Å². The predicted octanol–water partition coefficient (Wildman–Crippen LogP) is 3.50. The number of carbonyl (C=O) groups is 3. The van der Waals surface area contributed by atoms with Crippen LogP contribution in [-0.2, 0) is 19.1 Å². The number of benzene rings is 2. The van der Waals surface area contributed by atoms with E-state index in [0.717, 1.165) is 22.3 Å². The zero-order chi connectivity index (χ0) is 24.9. The second kappa shape index (κ2) is 10.9. The third kappa shape index (κ3) is 5.32. The molecule has 8 heteroatoms. The molecule has 2 amide bonds. The Morgan fingerprint density at radius 1 is 1.09 bits per heavy atom. The fourth-order valence-electron chi connectivity index (χ4n) is 5.09. The summed E-state index contributed by atoms with van der Waals surface area (Å²) in [5.41, 5.74) is 4.61. The van der Waals surface area contributed by atoms with Gasteiger partial charge in [0, 0.05) is 39.1 Å². The average Bonchev–Trinajstić information content (AvgIpc) is 3.19. The summed E-state index contributed by atoms with van der Waals surface area (Å²) in [4.78, 5) is 38.3. The van der Waals surface area contributed by atoms with Crippen molar-refractivity contribution in [2.24, 2.45) is 11.8 Å². The Bertz CT molecular complexity index is 1040. The van der Waals surface area contributed by atoms with E-state index < -0.39 is 24.1 Å². The Kier molecular flexibility index (Phi) is 7.70. The van der Waals surface area contributed by atoms with Crippen molar-refractivity contribution in [2.75, 3.05) is 33.4 Å². The minimum atomic E-state index is -0.888. The lowest BCUT2D eigenvalue weighted by molar-refractivity contribution is -0.151. The summed E-state index contributed by atoms with van der Waals surface area (Å²) >= 11 is 0. The number of alkyl carbamates (subject to hydrolysis) is 1. The molecule has 0 saturated carbocycles. The molecule has 0 aromatic heterocycles. The number of hydrogen-bond donors (Lipinski definition) is 2. The Labute approximate surface area is 205 Å². The van der Waals surface area contributed by atoms with E-state index >= 15 is 0 Å². The molecular weight excluding hydrogens is 448 g/mol. The SMILES string of the molecule is COC(CCNC(=O)OCC1c2ccccc2-c2ccccc21)C(=O)N1CCC(C)C(C(=O)O)C1. The number of nitrogens with zero attached hydrogens (tertiary/aromatic N) is 1. The lowest BCUT2D eigenvalue weighted by Crippen LogP contribution is -2.50. The maximum absolute atomic E-state index is 12.9. The minimum Gasteiger partial charge on any atom is -0.481 e. The highest BCUT2D eigenvalue weighted by Crippen LogP contribution is 2.44. The van der Waals surface area contributed by atoms with Gasteiger partial charge in [-0.1, -0.05) is 55.5 Å². The summed E-state index contributed by atoms with van der Waals surface area (Å²) < 4.78 is 10.9. The number of carboxylic acids is 1. The molecule has 186 valence electrons. The highest BCUT2D eigenvalue weighted by molar-refractivity contribution is 5.82. The van der Waals surface area contributed by atoms with Crippen LogP contribution in [0.15, 0.2) is 48.5 Å². The van der Waals surface area contributed by atoms with Gasteiger partial charge in [-0.05, 0) is 34.6 Å². The number of likely N-dealkylation sites (tertiary alicyclic amines) is 1. The largest absolute Gasteiger partial charge is 0.481 e. The number of methoxy groups -OCH3 is 1.